The van der Waals surface area contributed by atoms with Gasteiger partial charge in [0, 0.05) is 10.6 Å². The predicted molar refractivity (Wildman–Crippen MR) is 110 cm³/mol. The van der Waals surface area contributed by atoms with E-state index in [0.717, 1.165) is 0 Å². The Labute approximate surface area is 176 Å². The lowest BCUT2D eigenvalue weighted by molar-refractivity contribution is 0.0657. The predicted octanol–water partition coefficient (Wildman–Crippen LogP) is 3.98. The van der Waals surface area contributed by atoms with Crippen LogP contribution in [0, 0.1) is 0 Å². The van der Waals surface area contributed by atoms with Gasteiger partial charge >= 0.3 is 5.97 Å². The first-order valence-corrected chi connectivity index (χ1v) is 9.06. The number of hydrazone groups is 1. The molecule has 3 rings (SSSR count). The zero-order chi connectivity index (χ0) is 21.5. The summed E-state index contributed by atoms with van der Waals surface area (Å²) >= 11 is 5.87. The Morgan fingerprint density at radius 2 is 2.00 bits per heavy atom. The van der Waals surface area contributed by atoms with E-state index in [9.17, 15) is 9.59 Å². The monoisotopic (exact) mass is 428 g/mol. The molecule has 0 atom stereocenters. The zero-order valence-electron chi connectivity index (χ0n) is 15.8. The molecule has 30 heavy (non-hydrogen) atoms. The van der Waals surface area contributed by atoms with Crippen LogP contribution < -0.4 is 14.9 Å². The maximum absolute atomic E-state index is 12.1. The summed E-state index contributed by atoms with van der Waals surface area (Å²) in [6.07, 6.45) is 1.46. The molecule has 0 radical (unpaired) electrons. The molecular weight excluding hydrogens is 412 g/mol. The van der Waals surface area contributed by atoms with E-state index in [1.807, 2.05) is 0 Å². The summed E-state index contributed by atoms with van der Waals surface area (Å²) in [6, 6.07) is 14.5. The topological polar surface area (TPSA) is 110 Å². The van der Waals surface area contributed by atoms with Crippen LogP contribution >= 0.6 is 11.6 Å². The van der Waals surface area contributed by atoms with Crippen molar-refractivity contribution in [3.05, 3.63) is 82.3 Å². The van der Waals surface area contributed by atoms with Gasteiger partial charge < -0.3 is 19.0 Å². The Morgan fingerprint density at radius 1 is 1.17 bits per heavy atom. The second-order valence-corrected chi connectivity index (χ2v) is 6.42. The van der Waals surface area contributed by atoms with Crippen LogP contribution in [-0.2, 0) is 6.61 Å². The van der Waals surface area contributed by atoms with Gasteiger partial charge in [0.25, 0.3) is 5.91 Å². The van der Waals surface area contributed by atoms with E-state index in [4.69, 9.17) is 30.6 Å². The van der Waals surface area contributed by atoms with E-state index in [1.165, 1.54) is 25.5 Å². The van der Waals surface area contributed by atoms with E-state index in [2.05, 4.69) is 10.5 Å². The number of carbonyl (C=O) groups excluding carboxylic acids is 1. The molecule has 0 bridgehead atoms. The Hall–Kier alpha value is -3.78. The van der Waals surface area contributed by atoms with E-state index in [-0.39, 0.29) is 18.3 Å². The average molecular weight is 429 g/mol. The second kappa shape index (κ2) is 9.62. The number of rotatable bonds is 8. The summed E-state index contributed by atoms with van der Waals surface area (Å²) in [5.41, 5.74) is 3.48. The number of hydrogen-bond acceptors (Lipinski definition) is 6. The van der Waals surface area contributed by atoms with Gasteiger partial charge in [-0.15, -0.1) is 0 Å². The number of methoxy groups -OCH3 is 1. The third-order valence-corrected chi connectivity index (χ3v) is 4.13. The maximum atomic E-state index is 12.1. The number of aromatic carboxylic acids is 1. The molecule has 2 aromatic carbocycles. The SMILES string of the molecule is COc1cc(/C=N\NC(=O)c2cccc(Cl)c2)ccc1OCc1ccc(C(=O)O)o1. The van der Waals surface area contributed by atoms with Gasteiger partial charge in [0.1, 0.15) is 12.4 Å². The van der Waals surface area contributed by atoms with Crippen LogP contribution in [0.3, 0.4) is 0 Å². The minimum absolute atomic E-state index is 0.0345. The highest BCUT2D eigenvalue weighted by Gasteiger charge is 2.11. The number of nitrogens with zero attached hydrogens (tertiary/aromatic N) is 1. The fourth-order valence-corrected chi connectivity index (χ4v) is 2.65. The molecule has 0 aliphatic carbocycles. The number of nitrogens with one attached hydrogen (secondary N) is 1. The molecule has 2 N–H and O–H groups in total. The number of benzene rings is 2. The summed E-state index contributed by atoms with van der Waals surface area (Å²) in [5.74, 6) is -0.462. The average Bonchev–Trinajstić information content (AvgIpc) is 3.22. The zero-order valence-corrected chi connectivity index (χ0v) is 16.6. The number of amides is 1. The number of hydrogen-bond donors (Lipinski definition) is 2. The van der Waals surface area contributed by atoms with Crippen molar-refractivity contribution in [2.24, 2.45) is 5.10 Å². The molecule has 1 aromatic heterocycles. The van der Waals surface area contributed by atoms with Gasteiger partial charge in [0.05, 0.1) is 13.3 Å². The number of carboxylic acid groups (broad SMARTS) is 1. The molecule has 1 heterocycles. The fourth-order valence-electron chi connectivity index (χ4n) is 2.46. The summed E-state index contributed by atoms with van der Waals surface area (Å²) in [5, 5.41) is 13.3. The number of ether oxygens (including phenoxy) is 2. The molecule has 0 aliphatic rings. The number of carbonyl (C=O) groups is 2. The van der Waals surface area contributed by atoms with Crippen molar-refractivity contribution < 1.29 is 28.6 Å². The summed E-state index contributed by atoms with van der Waals surface area (Å²) in [6.45, 7) is 0.0345. The first kappa shape index (κ1) is 20.9. The molecule has 3 aromatic rings. The third-order valence-electron chi connectivity index (χ3n) is 3.90. The van der Waals surface area contributed by atoms with Gasteiger partial charge in [0.2, 0.25) is 5.76 Å². The van der Waals surface area contributed by atoms with Crippen LogP contribution in [0.5, 0.6) is 11.5 Å². The largest absolute Gasteiger partial charge is 0.493 e. The van der Waals surface area contributed by atoms with Crippen LogP contribution in [0.2, 0.25) is 5.02 Å². The van der Waals surface area contributed by atoms with Crippen molar-refractivity contribution in [1.82, 2.24) is 5.43 Å². The van der Waals surface area contributed by atoms with Crippen LogP contribution in [0.4, 0.5) is 0 Å². The van der Waals surface area contributed by atoms with Gasteiger partial charge in [0.15, 0.2) is 11.5 Å². The third kappa shape index (κ3) is 5.39. The number of furan rings is 1. The molecular formula is C21H17ClN2O6. The van der Waals surface area contributed by atoms with Gasteiger partial charge in [-0.3, -0.25) is 4.79 Å². The molecule has 1 amide bonds. The highest BCUT2D eigenvalue weighted by molar-refractivity contribution is 6.30. The number of carboxylic acids is 1. The summed E-state index contributed by atoms with van der Waals surface area (Å²) in [4.78, 5) is 22.9. The lowest BCUT2D eigenvalue weighted by atomic mass is 10.2. The van der Waals surface area contributed by atoms with Gasteiger partial charge in [-0.25, -0.2) is 10.2 Å². The Kier molecular flexibility index (Phi) is 6.71. The normalized spacial score (nSPS) is 10.7. The van der Waals surface area contributed by atoms with E-state index in [1.54, 1.807) is 42.5 Å². The summed E-state index contributed by atoms with van der Waals surface area (Å²) in [7, 11) is 1.49. The van der Waals surface area contributed by atoms with Crippen molar-refractivity contribution in [3.8, 4) is 11.5 Å². The quantitative estimate of drug-likeness (QED) is 0.414. The van der Waals surface area contributed by atoms with Gasteiger partial charge in [-0.2, -0.15) is 5.10 Å². The minimum atomic E-state index is -1.15. The lowest BCUT2D eigenvalue weighted by Crippen LogP contribution is -2.17. The standard InChI is InChI=1S/C21H17ClN2O6/c1-28-19-9-13(11-23-24-20(25)14-3-2-4-15(22)10-14)5-7-17(19)29-12-16-6-8-18(30-16)21(26)27/h2-11H,12H2,1H3,(H,24,25)(H,26,27)/b23-11-. The van der Waals surface area contributed by atoms with Gasteiger partial charge in [-0.05, 0) is 54.1 Å². The van der Waals surface area contributed by atoms with Gasteiger partial charge in [-0.1, -0.05) is 17.7 Å². The molecule has 0 spiro atoms. The minimum Gasteiger partial charge on any atom is -0.493 e. The van der Waals surface area contributed by atoms with Crippen LogP contribution in [0.25, 0.3) is 0 Å². The molecule has 154 valence electrons. The second-order valence-electron chi connectivity index (χ2n) is 5.98. The molecule has 0 aliphatic heterocycles. The first-order chi connectivity index (χ1) is 14.5. The van der Waals surface area contributed by atoms with Crippen LogP contribution in [-0.4, -0.2) is 30.3 Å². The highest BCUT2D eigenvalue weighted by atomic mass is 35.5. The highest BCUT2D eigenvalue weighted by Crippen LogP contribution is 2.28. The van der Waals surface area contributed by atoms with E-state index < -0.39 is 5.97 Å². The number of halogens is 1. The van der Waals surface area contributed by atoms with E-state index in [0.29, 0.717) is 33.4 Å². The van der Waals surface area contributed by atoms with E-state index >= 15 is 0 Å². The molecule has 0 saturated carbocycles. The molecule has 0 fully saturated rings. The van der Waals surface area contributed by atoms with Crippen molar-refractivity contribution in [2.75, 3.05) is 7.11 Å². The van der Waals surface area contributed by atoms with Crippen molar-refractivity contribution in [1.29, 1.82) is 0 Å². The molecule has 0 saturated heterocycles. The smallest absolute Gasteiger partial charge is 0.371 e. The fraction of sp³-hybridized carbons (Fsp3) is 0.0952. The van der Waals surface area contributed by atoms with Crippen LogP contribution in [0.15, 0.2) is 64.1 Å². The molecule has 8 nitrogen and oxygen atoms in total. The Morgan fingerprint density at radius 3 is 2.70 bits per heavy atom. The molecule has 9 heteroatoms. The Balaban J connectivity index is 1.62. The lowest BCUT2D eigenvalue weighted by Gasteiger charge is -2.10. The molecule has 0 unspecified atom stereocenters. The first-order valence-electron chi connectivity index (χ1n) is 8.68. The van der Waals surface area contributed by atoms with Crippen LogP contribution in [0.1, 0.15) is 32.2 Å². The van der Waals surface area contributed by atoms with Crippen molar-refractivity contribution >= 4 is 29.7 Å². The summed E-state index contributed by atoms with van der Waals surface area (Å²) < 4.78 is 16.1. The Bertz CT molecular complexity index is 1090. The van der Waals surface area contributed by atoms with Crippen molar-refractivity contribution in [2.45, 2.75) is 6.61 Å². The maximum Gasteiger partial charge on any atom is 0.371 e. The van der Waals surface area contributed by atoms with Crippen molar-refractivity contribution in [3.63, 3.8) is 0 Å².